The number of hydrogen-bond donors (Lipinski definition) is 3. The smallest absolute Gasteiger partial charge is 0.227 e. The molecular formula is C14H29N3O2. The highest BCUT2D eigenvalue weighted by Gasteiger charge is 2.34. The molecular weight excluding hydrogens is 242 g/mol. The van der Waals surface area contributed by atoms with Crippen LogP contribution in [0, 0.1) is 5.41 Å². The molecule has 5 nitrogen and oxygen atoms in total. The van der Waals surface area contributed by atoms with Gasteiger partial charge in [0.15, 0.2) is 0 Å². The molecule has 0 heterocycles. The minimum absolute atomic E-state index is 0.0535. The zero-order valence-corrected chi connectivity index (χ0v) is 12.3. The van der Waals surface area contributed by atoms with E-state index < -0.39 is 5.41 Å². The van der Waals surface area contributed by atoms with E-state index in [1.165, 1.54) is 0 Å². The Morgan fingerprint density at radius 2 is 1.68 bits per heavy atom. The Bertz CT molecular complexity index is 274. The van der Waals surface area contributed by atoms with Gasteiger partial charge in [-0.15, -0.1) is 0 Å². The number of rotatable bonds is 11. The summed E-state index contributed by atoms with van der Waals surface area (Å²) in [6.07, 6.45) is 5.41. The third kappa shape index (κ3) is 6.57. The molecule has 5 N–H and O–H groups in total. The van der Waals surface area contributed by atoms with Gasteiger partial charge in [-0.2, -0.15) is 0 Å². The molecule has 112 valence electrons. The molecule has 0 aliphatic heterocycles. The molecule has 0 aliphatic rings. The van der Waals surface area contributed by atoms with Crippen molar-refractivity contribution in [2.45, 2.75) is 58.8 Å². The number of amides is 2. The van der Waals surface area contributed by atoms with Crippen molar-refractivity contribution in [1.82, 2.24) is 5.32 Å². The van der Waals surface area contributed by atoms with Crippen molar-refractivity contribution in [2.24, 2.45) is 16.9 Å². The lowest BCUT2D eigenvalue weighted by Gasteiger charge is -2.30. The maximum Gasteiger partial charge on any atom is 0.227 e. The molecule has 0 saturated carbocycles. The Balaban J connectivity index is 4.20. The van der Waals surface area contributed by atoms with E-state index in [0.717, 1.165) is 32.1 Å². The number of nitrogens with one attached hydrogen (secondary N) is 1. The fourth-order valence-corrected chi connectivity index (χ4v) is 2.42. The molecule has 2 amide bonds. The van der Waals surface area contributed by atoms with Gasteiger partial charge in [-0.25, -0.2) is 0 Å². The van der Waals surface area contributed by atoms with Crippen LogP contribution in [0.3, 0.4) is 0 Å². The van der Waals surface area contributed by atoms with Gasteiger partial charge in [0.2, 0.25) is 11.8 Å². The molecule has 0 unspecified atom stereocenters. The minimum atomic E-state index is -0.423. The van der Waals surface area contributed by atoms with Crippen LogP contribution in [0.1, 0.15) is 58.8 Å². The molecule has 0 atom stereocenters. The van der Waals surface area contributed by atoms with Gasteiger partial charge in [-0.05, 0) is 25.7 Å². The van der Waals surface area contributed by atoms with Crippen LogP contribution in [-0.4, -0.2) is 24.9 Å². The summed E-state index contributed by atoms with van der Waals surface area (Å²) in [5.74, 6) is -0.239. The molecule has 0 spiro atoms. The summed E-state index contributed by atoms with van der Waals surface area (Å²) in [5.41, 5.74) is 10.5. The molecule has 19 heavy (non-hydrogen) atoms. The second-order valence-corrected chi connectivity index (χ2v) is 5.16. The normalized spacial score (nSPS) is 11.3. The molecule has 0 rings (SSSR count). The highest BCUT2D eigenvalue weighted by Crippen LogP contribution is 2.28. The number of carbonyl (C=O) groups is 2. The third-order valence-corrected chi connectivity index (χ3v) is 3.47. The van der Waals surface area contributed by atoms with Gasteiger partial charge >= 0.3 is 0 Å². The Morgan fingerprint density at radius 3 is 2.11 bits per heavy atom. The molecule has 0 aromatic carbocycles. The summed E-state index contributed by atoms with van der Waals surface area (Å²) in [7, 11) is 0. The van der Waals surface area contributed by atoms with Crippen LogP contribution in [0.15, 0.2) is 0 Å². The van der Waals surface area contributed by atoms with Crippen LogP contribution in [0.5, 0.6) is 0 Å². The van der Waals surface area contributed by atoms with E-state index in [-0.39, 0.29) is 11.8 Å². The van der Waals surface area contributed by atoms with Gasteiger partial charge < -0.3 is 16.8 Å². The number of unbranched alkanes of at least 4 members (excludes halogenated alkanes) is 1. The van der Waals surface area contributed by atoms with Crippen LogP contribution < -0.4 is 16.8 Å². The van der Waals surface area contributed by atoms with Gasteiger partial charge in [0.1, 0.15) is 0 Å². The maximum absolute atomic E-state index is 12.3. The Hall–Kier alpha value is -1.10. The minimum Gasteiger partial charge on any atom is -0.370 e. The van der Waals surface area contributed by atoms with Crippen molar-refractivity contribution in [3.63, 3.8) is 0 Å². The van der Waals surface area contributed by atoms with E-state index in [0.29, 0.717) is 25.9 Å². The maximum atomic E-state index is 12.3. The van der Waals surface area contributed by atoms with Gasteiger partial charge in [-0.1, -0.05) is 26.7 Å². The molecule has 0 fully saturated rings. The SMILES string of the molecule is CCCC(CN)(CCC)C(=O)NCCCCC(N)=O. The standard InChI is InChI=1S/C14H29N3O2/c1-3-8-14(11-15,9-4-2)13(19)17-10-6-5-7-12(16)18/h3-11,15H2,1-2H3,(H2,16,18)(H,17,19). The van der Waals surface area contributed by atoms with E-state index in [9.17, 15) is 9.59 Å². The number of hydrogen-bond acceptors (Lipinski definition) is 3. The number of carbonyl (C=O) groups excluding carboxylic acids is 2. The molecule has 0 bridgehead atoms. The Labute approximate surface area is 116 Å². The van der Waals surface area contributed by atoms with E-state index in [1.807, 2.05) is 0 Å². The zero-order chi connectivity index (χ0) is 14.7. The predicted octanol–water partition coefficient (Wildman–Crippen LogP) is 1.30. The highest BCUT2D eigenvalue weighted by molar-refractivity contribution is 5.82. The molecule has 0 aromatic heterocycles. The lowest BCUT2D eigenvalue weighted by atomic mass is 9.78. The van der Waals surface area contributed by atoms with Crippen LogP contribution in [-0.2, 0) is 9.59 Å². The van der Waals surface area contributed by atoms with E-state index in [4.69, 9.17) is 11.5 Å². The first-order valence-electron chi connectivity index (χ1n) is 7.29. The van der Waals surface area contributed by atoms with Crippen molar-refractivity contribution in [1.29, 1.82) is 0 Å². The quantitative estimate of drug-likeness (QED) is 0.494. The lowest BCUT2D eigenvalue weighted by molar-refractivity contribution is -0.131. The summed E-state index contributed by atoms with van der Waals surface area (Å²) in [6.45, 7) is 5.11. The number of primary amides is 1. The fraction of sp³-hybridized carbons (Fsp3) is 0.857. The van der Waals surface area contributed by atoms with Crippen LogP contribution >= 0.6 is 0 Å². The van der Waals surface area contributed by atoms with Crippen molar-refractivity contribution >= 4 is 11.8 Å². The highest BCUT2D eigenvalue weighted by atomic mass is 16.2. The summed E-state index contributed by atoms with van der Waals surface area (Å²) >= 11 is 0. The molecule has 0 saturated heterocycles. The summed E-state index contributed by atoms with van der Waals surface area (Å²) in [4.78, 5) is 22.9. The van der Waals surface area contributed by atoms with Crippen molar-refractivity contribution in [3.05, 3.63) is 0 Å². The van der Waals surface area contributed by atoms with Gasteiger partial charge in [0.05, 0.1) is 5.41 Å². The largest absolute Gasteiger partial charge is 0.370 e. The first-order valence-corrected chi connectivity index (χ1v) is 7.29. The molecule has 0 aliphatic carbocycles. The second-order valence-electron chi connectivity index (χ2n) is 5.16. The van der Waals surface area contributed by atoms with E-state index >= 15 is 0 Å². The summed E-state index contributed by atoms with van der Waals surface area (Å²) < 4.78 is 0. The van der Waals surface area contributed by atoms with Crippen LogP contribution in [0.25, 0.3) is 0 Å². The van der Waals surface area contributed by atoms with Crippen molar-refractivity contribution in [2.75, 3.05) is 13.1 Å². The lowest BCUT2D eigenvalue weighted by Crippen LogP contribution is -2.46. The molecule has 5 heteroatoms. The van der Waals surface area contributed by atoms with Crippen molar-refractivity contribution < 1.29 is 9.59 Å². The molecule has 0 aromatic rings. The summed E-state index contributed by atoms with van der Waals surface area (Å²) in [5, 5.41) is 2.95. The Kier molecular flexibility index (Phi) is 9.21. The second kappa shape index (κ2) is 9.78. The Morgan fingerprint density at radius 1 is 1.11 bits per heavy atom. The third-order valence-electron chi connectivity index (χ3n) is 3.47. The van der Waals surface area contributed by atoms with E-state index in [1.54, 1.807) is 0 Å². The van der Waals surface area contributed by atoms with Crippen LogP contribution in [0.4, 0.5) is 0 Å². The topological polar surface area (TPSA) is 98.2 Å². The van der Waals surface area contributed by atoms with Gasteiger partial charge in [0.25, 0.3) is 0 Å². The molecule has 0 radical (unpaired) electrons. The fourth-order valence-electron chi connectivity index (χ4n) is 2.42. The first kappa shape index (κ1) is 17.9. The van der Waals surface area contributed by atoms with Gasteiger partial charge in [0, 0.05) is 19.5 Å². The average molecular weight is 271 g/mol. The summed E-state index contributed by atoms with van der Waals surface area (Å²) in [6, 6.07) is 0. The van der Waals surface area contributed by atoms with E-state index in [2.05, 4.69) is 19.2 Å². The monoisotopic (exact) mass is 271 g/mol. The van der Waals surface area contributed by atoms with Gasteiger partial charge in [-0.3, -0.25) is 9.59 Å². The predicted molar refractivity (Wildman–Crippen MR) is 77.4 cm³/mol. The first-order chi connectivity index (χ1) is 9.02. The zero-order valence-electron chi connectivity index (χ0n) is 12.3. The van der Waals surface area contributed by atoms with Crippen molar-refractivity contribution in [3.8, 4) is 0 Å². The van der Waals surface area contributed by atoms with Crippen LogP contribution in [0.2, 0.25) is 0 Å². The number of nitrogens with two attached hydrogens (primary N) is 2. The average Bonchev–Trinajstić information content (AvgIpc) is 2.37.